The van der Waals surface area contributed by atoms with E-state index in [9.17, 15) is 19.8 Å². The first-order valence-electron chi connectivity index (χ1n) is 34.8. The monoisotopic (exact) mass is 1060 g/mol. The fraction of sp³-hybridized carbons (Fsp3) is 0.971. The van der Waals surface area contributed by atoms with Gasteiger partial charge in [0.05, 0.1) is 25.4 Å². The molecule has 0 aliphatic carbocycles. The molecule has 0 aliphatic heterocycles. The summed E-state index contributed by atoms with van der Waals surface area (Å²) in [7, 11) is 0. The molecular formula is C69H137NO5. The maximum absolute atomic E-state index is 12.5. The summed E-state index contributed by atoms with van der Waals surface area (Å²) in [6.45, 7) is 5.00. The molecule has 0 aromatic heterocycles. The van der Waals surface area contributed by atoms with Gasteiger partial charge in [-0.2, -0.15) is 0 Å². The molecule has 0 aliphatic rings. The molecule has 0 heterocycles. The molecule has 0 saturated heterocycles. The van der Waals surface area contributed by atoms with Gasteiger partial charge in [0.15, 0.2) is 0 Å². The minimum absolute atomic E-state index is 0.0235. The van der Waals surface area contributed by atoms with Gasteiger partial charge in [-0.25, -0.2) is 0 Å². The zero-order valence-corrected chi connectivity index (χ0v) is 51.3. The zero-order valence-electron chi connectivity index (χ0n) is 51.3. The Labute approximate surface area is 470 Å². The fourth-order valence-electron chi connectivity index (χ4n) is 11.4. The first kappa shape index (κ1) is 73.9. The van der Waals surface area contributed by atoms with Crippen LogP contribution in [-0.4, -0.2) is 47.4 Å². The Morgan fingerprint density at radius 3 is 0.813 bits per heavy atom. The lowest BCUT2D eigenvalue weighted by Gasteiger charge is -2.22. The van der Waals surface area contributed by atoms with Gasteiger partial charge < -0.3 is 20.3 Å². The molecule has 0 saturated carbocycles. The lowest BCUT2D eigenvalue weighted by atomic mass is 10.0. The molecule has 2 unspecified atom stereocenters. The molecule has 2 atom stereocenters. The highest BCUT2D eigenvalue weighted by atomic mass is 16.5. The Balaban J connectivity index is 3.31. The van der Waals surface area contributed by atoms with E-state index in [1.54, 1.807) is 0 Å². The van der Waals surface area contributed by atoms with Crippen LogP contribution in [0.1, 0.15) is 406 Å². The summed E-state index contributed by atoms with van der Waals surface area (Å²) < 4.78 is 5.50. The largest absolute Gasteiger partial charge is 0.466 e. The second-order valence-corrected chi connectivity index (χ2v) is 24.2. The number of unbranched alkanes of at least 4 members (excludes halogenated alkanes) is 55. The van der Waals surface area contributed by atoms with Crippen molar-refractivity contribution in [2.24, 2.45) is 0 Å². The predicted molar refractivity (Wildman–Crippen MR) is 329 cm³/mol. The van der Waals surface area contributed by atoms with E-state index in [-0.39, 0.29) is 18.5 Å². The summed E-state index contributed by atoms with van der Waals surface area (Å²) in [5.41, 5.74) is 0. The second kappa shape index (κ2) is 65.4. The summed E-state index contributed by atoms with van der Waals surface area (Å²) in [5.74, 6) is -0.00462. The Hall–Kier alpha value is -1.14. The Bertz CT molecular complexity index is 1080. The molecule has 0 aromatic carbocycles. The van der Waals surface area contributed by atoms with Crippen LogP contribution in [0.2, 0.25) is 0 Å². The van der Waals surface area contributed by atoms with Gasteiger partial charge in [-0.15, -0.1) is 0 Å². The number of aliphatic hydroxyl groups excluding tert-OH is 2. The Morgan fingerprint density at radius 1 is 0.320 bits per heavy atom. The number of aliphatic hydroxyl groups is 2. The van der Waals surface area contributed by atoms with Crippen LogP contribution >= 0.6 is 0 Å². The van der Waals surface area contributed by atoms with Crippen molar-refractivity contribution >= 4 is 11.9 Å². The van der Waals surface area contributed by atoms with Gasteiger partial charge in [0.25, 0.3) is 0 Å². The van der Waals surface area contributed by atoms with Crippen LogP contribution in [0.3, 0.4) is 0 Å². The normalized spacial score (nSPS) is 12.4. The number of ether oxygens (including phenoxy) is 1. The third-order valence-electron chi connectivity index (χ3n) is 16.7. The molecular weight excluding hydrogens is 923 g/mol. The van der Waals surface area contributed by atoms with Gasteiger partial charge in [0.1, 0.15) is 0 Å². The summed E-state index contributed by atoms with van der Waals surface area (Å²) in [5, 5.41) is 23.3. The number of nitrogens with one attached hydrogen (secondary N) is 1. The minimum atomic E-state index is -0.660. The summed E-state index contributed by atoms with van der Waals surface area (Å²) in [6, 6.07) is -0.537. The molecule has 75 heavy (non-hydrogen) atoms. The number of esters is 1. The van der Waals surface area contributed by atoms with Gasteiger partial charge in [0.2, 0.25) is 5.91 Å². The van der Waals surface area contributed by atoms with Crippen LogP contribution in [0.15, 0.2) is 0 Å². The number of carbonyl (C=O) groups excluding carboxylic acids is 2. The van der Waals surface area contributed by atoms with Gasteiger partial charge in [-0.05, 0) is 25.7 Å². The second-order valence-electron chi connectivity index (χ2n) is 24.2. The number of hydrogen-bond acceptors (Lipinski definition) is 5. The molecule has 1 amide bonds. The van der Waals surface area contributed by atoms with Crippen molar-refractivity contribution in [2.45, 2.75) is 418 Å². The average Bonchev–Trinajstić information content (AvgIpc) is 3.41. The van der Waals surface area contributed by atoms with Crippen LogP contribution in [0, 0.1) is 0 Å². The van der Waals surface area contributed by atoms with Crippen LogP contribution in [0.5, 0.6) is 0 Å². The smallest absolute Gasteiger partial charge is 0.305 e. The topological polar surface area (TPSA) is 95.9 Å². The van der Waals surface area contributed by atoms with Crippen molar-refractivity contribution in [3.63, 3.8) is 0 Å². The standard InChI is InChI=1S/C69H137NO5/c1-3-5-7-9-11-13-15-17-34-39-43-47-51-55-59-63-69(74)75-64-60-56-52-48-44-40-36-33-31-29-27-25-23-21-19-20-22-24-26-28-30-32-35-38-42-46-50-54-58-62-68(73)70-66(65-71)67(72)61-57-53-49-45-41-37-18-16-14-12-10-8-6-4-2/h66-67,71-72H,3-65H2,1-2H3,(H,70,73). The summed E-state index contributed by atoms with van der Waals surface area (Å²) >= 11 is 0. The maximum atomic E-state index is 12.5. The molecule has 0 bridgehead atoms. The van der Waals surface area contributed by atoms with E-state index in [0.717, 1.165) is 38.5 Å². The molecule has 0 rings (SSSR count). The van der Waals surface area contributed by atoms with Gasteiger partial charge in [0, 0.05) is 12.8 Å². The Kier molecular flexibility index (Phi) is 64.4. The van der Waals surface area contributed by atoms with Gasteiger partial charge in [-0.3, -0.25) is 9.59 Å². The highest BCUT2D eigenvalue weighted by Crippen LogP contribution is 2.19. The molecule has 0 aromatic rings. The third kappa shape index (κ3) is 61.9. The zero-order chi connectivity index (χ0) is 54.3. The number of amides is 1. The molecule has 0 spiro atoms. The highest BCUT2D eigenvalue weighted by Gasteiger charge is 2.20. The molecule has 6 heteroatoms. The van der Waals surface area contributed by atoms with Gasteiger partial charge in [-0.1, -0.05) is 367 Å². The number of carbonyl (C=O) groups is 2. The van der Waals surface area contributed by atoms with Crippen LogP contribution < -0.4 is 5.32 Å². The van der Waals surface area contributed by atoms with Crippen molar-refractivity contribution < 1.29 is 24.5 Å². The third-order valence-corrected chi connectivity index (χ3v) is 16.7. The Morgan fingerprint density at radius 2 is 0.547 bits per heavy atom. The number of hydrogen-bond donors (Lipinski definition) is 3. The van der Waals surface area contributed by atoms with E-state index in [2.05, 4.69) is 19.2 Å². The lowest BCUT2D eigenvalue weighted by Crippen LogP contribution is -2.45. The fourth-order valence-corrected chi connectivity index (χ4v) is 11.4. The molecule has 6 nitrogen and oxygen atoms in total. The average molecular weight is 1060 g/mol. The molecule has 448 valence electrons. The van der Waals surface area contributed by atoms with E-state index in [0.29, 0.717) is 25.9 Å². The van der Waals surface area contributed by atoms with E-state index < -0.39 is 12.1 Å². The summed E-state index contributed by atoms with van der Waals surface area (Å²) in [4.78, 5) is 24.6. The number of rotatable bonds is 66. The van der Waals surface area contributed by atoms with Crippen LogP contribution in [0.4, 0.5) is 0 Å². The quantitative estimate of drug-likeness (QED) is 0.0417. The first-order chi connectivity index (χ1) is 37.0. The van der Waals surface area contributed by atoms with Crippen molar-refractivity contribution in [1.29, 1.82) is 0 Å². The van der Waals surface area contributed by atoms with Crippen LogP contribution in [-0.2, 0) is 14.3 Å². The highest BCUT2D eigenvalue weighted by molar-refractivity contribution is 5.76. The summed E-state index contributed by atoms with van der Waals surface area (Å²) in [6.07, 6.45) is 78.7. The van der Waals surface area contributed by atoms with Crippen molar-refractivity contribution in [3.05, 3.63) is 0 Å². The molecule has 0 radical (unpaired) electrons. The first-order valence-corrected chi connectivity index (χ1v) is 34.8. The van der Waals surface area contributed by atoms with Crippen molar-refractivity contribution in [3.8, 4) is 0 Å². The molecule has 0 fully saturated rings. The van der Waals surface area contributed by atoms with Crippen LogP contribution in [0.25, 0.3) is 0 Å². The van der Waals surface area contributed by atoms with E-state index in [1.807, 2.05) is 0 Å². The van der Waals surface area contributed by atoms with E-state index in [4.69, 9.17) is 4.74 Å². The minimum Gasteiger partial charge on any atom is -0.466 e. The van der Waals surface area contributed by atoms with E-state index in [1.165, 1.54) is 334 Å². The lowest BCUT2D eigenvalue weighted by molar-refractivity contribution is -0.143. The maximum Gasteiger partial charge on any atom is 0.305 e. The van der Waals surface area contributed by atoms with Crippen molar-refractivity contribution in [1.82, 2.24) is 5.32 Å². The van der Waals surface area contributed by atoms with Gasteiger partial charge >= 0.3 is 5.97 Å². The SMILES string of the molecule is CCCCCCCCCCCCCCCCCC(=O)OCCCCCCCCCCCCCCCCCCCCCCCCCCCCCCCC(=O)NC(CO)C(O)CCCCCCCCCCCCCCCC. The predicted octanol–water partition coefficient (Wildman–Crippen LogP) is 22.2. The van der Waals surface area contributed by atoms with E-state index >= 15 is 0 Å². The van der Waals surface area contributed by atoms with Crippen molar-refractivity contribution in [2.75, 3.05) is 13.2 Å². The molecule has 3 N–H and O–H groups in total.